The summed E-state index contributed by atoms with van der Waals surface area (Å²) < 4.78 is 29.4. The first-order valence-corrected chi connectivity index (χ1v) is 9.08. The van der Waals surface area contributed by atoms with Crippen LogP contribution in [0, 0.1) is 5.82 Å². The van der Waals surface area contributed by atoms with Gasteiger partial charge >= 0.3 is 0 Å². The van der Waals surface area contributed by atoms with E-state index in [1.54, 1.807) is 32.4 Å². The average molecular weight is 402 g/mol. The summed E-state index contributed by atoms with van der Waals surface area (Å²) in [5.41, 5.74) is 2.68. The summed E-state index contributed by atoms with van der Waals surface area (Å²) in [7, 11) is 3.21. The van der Waals surface area contributed by atoms with E-state index in [0.29, 0.717) is 23.1 Å². The van der Waals surface area contributed by atoms with Crippen molar-refractivity contribution in [1.29, 1.82) is 0 Å². The van der Waals surface area contributed by atoms with Gasteiger partial charge in [0, 0.05) is 23.3 Å². The summed E-state index contributed by atoms with van der Waals surface area (Å²) >= 11 is 6.43. The third-order valence-electron chi connectivity index (χ3n) is 4.21. The van der Waals surface area contributed by atoms with E-state index in [4.69, 9.17) is 25.8 Å². The van der Waals surface area contributed by atoms with Gasteiger partial charge in [0.15, 0.2) is 11.5 Å². The van der Waals surface area contributed by atoms with Crippen LogP contribution < -0.4 is 19.5 Å². The Hall–Kier alpha value is -2.92. The number of anilines is 1. The first-order valence-electron chi connectivity index (χ1n) is 8.70. The van der Waals surface area contributed by atoms with Crippen LogP contribution in [0.15, 0.2) is 60.7 Å². The summed E-state index contributed by atoms with van der Waals surface area (Å²) in [6.07, 6.45) is 0. The predicted octanol–water partition coefficient (Wildman–Crippen LogP) is 5.69. The van der Waals surface area contributed by atoms with Crippen molar-refractivity contribution in [3.05, 3.63) is 82.6 Å². The Morgan fingerprint density at radius 1 is 0.893 bits per heavy atom. The van der Waals surface area contributed by atoms with Crippen LogP contribution >= 0.6 is 11.6 Å². The highest BCUT2D eigenvalue weighted by molar-refractivity contribution is 6.31. The molecule has 0 saturated heterocycles. The molecule has 0 fully saturated rings. The van der Waals surface area contributed by atoms with E-state index in [2.05, 4.69) is 5.32 Å². The Kier molecular flexibility index (Phi) is 6.61. The van der Waals surface area contributed by atoms with Crippen LogP contribution in [0.1, 0.15) is 11.1 Å². The van der Waals surface area contributed by atoms with Crippen LogP contribution in [0.2, 0.25) is 5.02 Å². The molecule has 0 unspecified atom stereocenters. The second kappa shape index (κ2) is 9.33. The topological polar surface area (TPSA) is 39.7 Å². The third kappa shape index (κ3) is 5.08. The van der Waals surface area contributed by atoms with Gasteiger partial charge in [0.05, 0.1) is 14.2 Å². The number of methoxy groups -OCH3 is 2. The van der Waals surface area contributed by atoms with Crippen molar-refractivity contribution in [1.82, 2.24) is 0 Å². The molecule has 3 aromatic carbocycles. The van der Waals surface area contributed by atoms with Crippen LogP contribution in [0.5, 0.6) is 17.2 Å². The summed E-state index contributed by atoms with van der Waals surface area (Å²) in [5, 5.41) is 3.88. The van der Waals surface area contributed by atoms with Gasteiger partial charge in [-0.05, 0) is 53.6 Å². The second-order valence-corrected chi connectivity index (χ2v) is 6.50. The number of benzene rings is 3. The lowest BCUT2D eigenvalue weighted by Crippen LogP contribution is -2.03. The van der Waals surface area contributed by atoms with Crippen LogP contribution in [0.4, 0.5) is 10.1 Å². The minimum absolute atomic E-state index is 0.280. The van der Waals surface area contributed by atoms with E-state index in [1.165, 1.54) is 12.1 Å². The molecule has 4 nitrogen and oxygen atoms in total. The van der Waals surface area contributed by atoms with Crippen molar-refractivity contribution < 1.29 is 18.6 Å². The molecule has 0 bridgehead atoms. The normalized spacial score (nSPS) is 10.4. The fourth-order valence-electron chi connectivity index (χ4n) is 2.63. The van der Waals surface area contributed by atoms with Crippen LogP contribution in [-0.2, 0) is 13.2 Å². The molecule has 3 aromatic rings. The number of hydrogen-bond donors (Lipinski definition) is 1. The highest BCUT2D eigenvalue weighted by Crippen LogP contribution is 2.34. The van der Waals surface area contributed by atoms with Crippen LogP contribution in [-0.4, -0.2) is 14.2 Å². The number of ether oxygens (including phenoxy) is 3. The van der Waals surface area contributed by atoms with Crippen LogP contribution in [0.25, 0.3) is 0 Å². The molecular formula is C22H21ClFNO3. The molecule has 0 atom stereocenters. The molecule has 6 heteroatoms. The maximum absolute atomic E-state index is 13.0. The van der Waals surface area contributed by atoms with Gasteiger partial charge in [0.25, 0.3) is 0 Å². The summed E-state index contributed by atoms with van der Waals surface area (Å²) in [5.74, 6) is 1.63. The predicted molar refractivity (Wildman–Crippen MR) is 109 cm³/mol. The lowest BCUT2D eigenvalue weighted by atomic mass is 10.2. The van der Waals surface area contributed by atoms with Crippen LogP contribution in [0.3, 0.4) is 0 Å². The first kappa shape index (κ1) is 19.8. The number of rotatable bonds is 8. The zero-order valence-electron chi connectivity index (χ0n) is 15.7. The summed E-state index contributed by atoms with van der Waals surface area (Å²) in [4.78, 5) is 0. The standard InChI is InChI=1S/C22H21ClFNO3/c1-26-19-9-7-18(8-10-19)25-13-16-11-21(27-2)22(12-20(16)23)28-14-15-3-5-17(24)6-4-15/h3-12,25H,13-14H2,1-2H3. The van der Waals surface area contributed by atoms with Crippen molar-refractivity contribution >= 4 is 17.3 Å². The van der Waals surface area contributed by atoms with Crippen molar-refractivity contribution in [3.8, 4) is 17.2 Å². The van der Waals surface area contributed by atoms with Crippen molar-refractivity contribution in [2.24, 2.45) is 0 Å². The molecule has 0 heterocycles. The molecule has 3 rings (SSSR count). The molecule has 0 aliphatic heterocycles. The van der Waals surface area contributed by atoms with E-state index in [1.807, 2.05) is 30.3 Å². The highest BCUT2D eigenvalue weighted by Gasteiger charge is 2.11. The van der Waals surface area contributed by atoms with Crippen molar-refractivity contribution in [2.75, 3.05) is 19.5 Å². The van der Waals surface area contributed by atoms with E-state index in [-0.39, 0.29) is 12.4 Å². The van der Waals surface area contributed by atoms with Gasteiger partial charge in [-0.3, -0.25) is 0 Å². The molecule has 0 radical (unpaired) electrons. The number of nitrogens with one attached hydrogen (secondary N) is 1. The Morgan fingerprint density at radius 3 is 2.25 bits per heavy atom. The Balaban J connectivity index is 1.68. The molecular weight excluding hydrogens is 381 g/mol. The van der Waals surface area contributed by atoms with Gasteiger partial charge in [-0.2, -0.15) is 0 Å². The molecule has 0 aliphatic carbocycles. The van der Waals surface area contributed by atoms with E-state index >= 15 is 0 Å². The largest absolute Gasteiger partial charge is 0.497 e. The molecule has 0 aliphatic rings. The van der Waals surface area contributed by atoms with E-state index < -0.39 is 0 Å². The van der Waals surface area contributed by atoms with Crippen molar-refractivity contribution in [3.63, 3.8) is 0 Å². The molecule has 146 valence electrons. The van der Waals surface area contributed by atoms with Gasteiger partial charge in [-0.25, -0.2) is 4.39 Å². The lowest BCUT2D eigenvalue weighted by molar-refractivity contribution is 0.284. The fourth-order valence-corrected chi connectivity index (χ4v) is 2.85. The van der Waals surface area contributed by atoms with Gasteiger partial charge in [-0.1, -0.05) is 23.7 Å². The second-order valence-electron chi connectivity index (χ2n) is 6.09. The Labute approximate surface area is 168 Å². The lowest BCUT2D eigenvalue weighted by Gasteiger charge is -2.15. The van der Waals surface area contributed by atoms with Gasteiger partial charge in [-0.15, -0.1) is 0 Å². The minimum atomic E-state index is -0.280. The zero-order chi connectivity index (χ0) is 19.9. The van der Waals surface area contributed by atoms with Gasteiger partial charge in [0.2, 0.25) is 0 Å². The molecule has 0 spiro atoms. The molecule has 0 aromatic heterocycles. The number of halogens is 2. The monoisotopic (exact) mass is 401 g/mol. The maximum atomic E-state index is 13.0. The SMILES string of the molecule is COc1ccc(NCc2cc(OC)c(OCc3ccc(F)cc3)cc2Cl)cc1. The maximum Gasteiger partial charge on any atom is 0.163 e. The zero-order valence-corrected chi connectivity index (χ0v) is 16.4. The van der Waals surface area contributed by atoms with Crippen molar-refractivity contribution in [2.45, 2.75) is 13.2 Å². The van der Waals surface area contributed by atoms with Gasteiger partial charge < -0.3 is 19.5 Å². The molecule has 1 N–H and O–H groups in total. The smallest absolute Gasteiger partial charge is 0.163 e. The summed E-state index contributed by atoms with van der Waals surface area (Å²) in [6, 6.07) is 17.4. The quantitative estimate of drug-likeness (QED) is 0.526. The fraction of sp³-hybridized carbons (Fsp3) is 0.182. The highest BCUT2D eigenvalue weighted by atomic mass is 35.5. The molecule has 0 amide bonds. The average Bonchev–Trinajstić information content (AvgIpc) is 2.73. The van der Waals surface area contributed by atoms with Gasteiger partial charge in [0.1, 0.15) is 18.2 Å². The number of hydrogen-bond acceptors (Lipinski definition) is 4. The Morgan fingerprint density at radius 2 is 1.61 bits per heavy atom. The van der Waals surface area contributed by atoms with E-state index in [0.717, 1.165) is 22.6 Å². The van der Waals surface area contributed by atoms with E-state index in [9.17, 15) is 4.39 Å². The molecule has 28 heavy (non-hydrogen) atoms. The first-order chi connectivity index (χ1) is 13.6. The third-order valence-corrected chi connectivity index (χ3v) is 4.57. The molecule has 0 saturated carbocycles. The Bertz CT molecular complexity index is 914. The summed E-state index contributed by atoms with van der Waals surface area (Å²) in [6.45, 7) is 0.816. The minimum Gasteiger partial charge on any atom is -0.497 e.